The normalized spacial score (nSPS) is 12.2. The lowest BCUT2D eigenvalue weighted by atomic mass is 10.0. The Kier molecular flexibility index (Phi) is 6.55. The zero-order chi connectivity index (χ0) is 17.5. The molecule has 0 aliphatic rings. The molecule has 2 aromatic rings. The lowest BCUT2D eigenvalue weighted by Gasteiger charge is -2.15. The van der Waals surface area contributed by atoms with Crippen molar-refractivity contribution in [2.24, 2.45) is 5.92 Å². The minimum Gasteiger partial charge on any atom is -0.396 e. The summed E-state index contributed by atoms with van der Waals surface area (Å²) in [6.07, 6.45) is 2.75. The SMILES string of the molecule is CCCC(CCO)CNC(=O)c1nc(-c2cccc(C)c2)[nH]c1C. The van der Waals surface area contributed by atoms with Crippen molar-refractivity contribution in [3.8, 4) is 11.4 Å². The second kappa shape index (κ2) is 8.64. The topological polar surface area (TPSA) is 78.0 Å². The van der Waals surface area contributed by atoms with Crippen molar-refractivity contribution in [3.05, 3.63) is 41.2 Å². The molecule has 3 N–H and O–H groups in total. The third-order valence-electron chi connectivity index (χ3n) is 4.18. The molecule has 0 aliphatic heterocycles. The number of nitrogens with one attached hydrogen (secondary N) is 2. The Morgan fingerprint density at radius 3 is 2.79 bits per heavy atom. The number of hydrogen-bond acceptors (Lipinski definition) is 3. The van der Waals surface area contributed by atoms with Crippen LogP contribution in [0.1, 0.15) is 47.9 Å². The summed E-state index contributed by atoms with van der Waals surface area (Å²) < 4.78 is 0. The van der Waals surface area contributed by atoms with Crippen molar-refractivity contribution in [1.29, 1.82) is 0 Å². The number of aromatic amines is 1. The second-order valence-electron chi connectivity index (χ2n) is 6.31. The highest BCUT2D eigenvalue weighted by Crippen LogP contribution is 2.19. The van der Waals surface area contributed by atoms with Crippen LogP contribution in [-0.2, 0) is 0 Å². The predicted octanol–water partition coefficient (Wildman–Crippen LogP) is 3.22. The maximum absolute atomic E-state index is 12.4. The van der Waals surface area contributed by atoms with Gasteiger partial charge in [-0.3, -0.25) is 4.79 Å². The number of nitrogens with zero attached hydrogens (tertiary/aromatic N) is 1. The molecule has 1 amide bonds. The molecule has 24 heavy (non-hydrogen) atoms. The average Bonchev–Trinajstić information content (AvgIpc) is 2.95. The van der Waals surface area contributed by atoms with E-state index in [1.54, 1.807) is 0 Å². The van der Waals surface area contributed by atoms with Crippen LogP contribution in [0.2, 0.25) is 0 Å². The minimum absolute atomic E-state index is 0.152. The second-order valence-corrected chi connectivity index (χ2v) is 6.31. The van der Waals surface area contributed by atoms with E-state index >= 15 is 0 Å². The number of hydrogen-bond donors (Lipinski definition) is 3. The van der Waals surface area contributed by atoms with Gasteiger partial charge in [-0.25, -0.2) is 4.98 Å². The maximum atomic E-state index is 12.4. The van der Waals surface area contributed by atoms with Gasteiger partial charge in [0.2, 0.25) is 0 Å². The maximum Gasteiger partial charge on any atom is 0.271 e. The van der Waals surface area contributed by atoms with Crippen molar-refractivity contribution in [3.63, 3.8) is 0 Å². The number of imidazole rings is 1. The van der Waals surface area contributed by atoms with Gasteiger partial charge in [-0.05, 0) is 38.7 Å². The van der Waals surface area contributed by atoms with Crippen LogP contribution in [0.3, 0.4) is 0 Å². The molecular formula is C19H27N3O2. The Labute approximate surface area is 143 Å². The lowest BCUT2D eigenvalue weighted by molar-refractivity contribution is 0.0938. The molecule has 130 valence electrons. The van der Waals surface area contributed by atoms with E-state index in [1.165, 1.54) is 0 Å². The van der Waals surface area contributed by atoms with Gasteiger partial charge in [0.1, 0.15) is 11.5 Å². The van der Waals surface area contributed by atoms with Gasteiger partial charge in [-0.2, -0.15) is 0 Å². The van der Waals surface area contributed by atoms with Gasteiger partial charge in [-0.15, -0.1) is 0 Å². The average molecular weight is 329 g/mol. The van der Waals surface area contributed by atoms with Crippen LogP contribution in [0.4, 0.5) is 0 Å². The number of H-pyrrole nitrogens is 1. The van der Waals surface area contributed by atoms with Crippen LogP contribution >= 0.6 is 0 Å². The van der Waals surface area contributed by atoms with Crippen LogP contribution in [0.5, 0.6) is 0 Å². The number of amides is 1. The highest BCUT2D eigenvalue weighted by Gasteiger charge is 2.17. The summed E-state index contributed by atoms with van der Waals surface area (Å²) in [5.74, 6) is 0.850. The number of carbonyl (C=O) groups is 1. The molecule has 1 heterocycles. The van der Waals surface area contributed by atoms with E-state index in [4.69, 9.17) is 5.11 Å². The Bertz CT molecular complexity index is 673. The number of aliphatic hydroxyl groups is 1. The standard InChI is InChI=1S/C19H27N3O2/c1-4-6-15(9-10-23)12-20-19(24)17-14(3)21-18(22-17)16-8-5-7-13(2)11-16/h5,7-8,11,15,23H,4,6,9-10,12H2,1-3H3,(H,20,24)(H,21,22). The van der Waals surface area contributed by atoms with Crippen LogP contribution in [0.15, 0.2) is 24.3 Å². The monoisotopic (exact) mass is 329 g/mol. The number of aromatic nitrogens is 2. The van der Waals surface area contributed by atoms with Crippen molar-refractivity contribution < 1.29 is 9.90 Å². The summed E-state index contributed by atoms with van der Waals surface area (Å²) in [5.41, 5.74) is 3.32. The number of benzene rings is 1. The first kappa shape index (κ1) is 18.2. The molecule has 1 aromatic carbocycles. The van der Waals surface area contributed by atoms with Gasteiger partial charge in [0.15, 0.2) is 0 Å². The van der Waals surface area contributed by atoms with E-state index in [1.807, 2.05) is 38.1 Å². The Morgan fingerprint density at radius 2 is 2.12 bits per heavy atom. The molecule has 0 fully saturated rings. The van der Waals surface area contributed by atoms with E-state index in [-0.39, 0.29) is 12.5 Å². The fourth-order valence-electron chi connectivity index (χ4n) is 2.87. The van der Waals surface area contributed by atoms with Gasteiger partial charge in [-0.1, -0.05) is 37.1 Å². The van der Waals surface area contributed by atoms with E-state index in [0.717, 1.165) is 29.7 Å². The van der Waals surface area contributed by atoms with Crippen molar-refractivity contribution in [2.75, 3.05) is 13.2 Å². The molecule has 5 nitrogen and oxygen atoms in total. The van der Waals surface area contributed by atoms with Gasteiger partial charge in [0.05, 0.1) is 0 Å². The fraction of sp³-hybridized carbons (Fsp3) is 0.474. The van der Waals surface area contributed by atoms with Gasteiger partial charge in [0.25, 0.3) is 5.91 Å². The van der Waals surface area contributed by atoms with E-state index in [0.29, 0.717) is 30.4 Å². The molecule has 0 radical (unpaired) electrons. The van der Waals surface area contributed by atoms with Gasteiger partial charge >= 0.3 is 0 Å². The molecule has 1 unspecified atom stereocenters. The zero-order valence-electron chi connectivity index (χ0n) is 14.7. The van der Waals surface area contributed by atoms with Crippen molar-refractivity contribution in [2.45, 2.75) is 40.0 Å². The number of aliphatic hydroxyl groups excluding tert-OH is 1. The third-order valence-corrected chi connectivity index (χ3v) is 4.18. The Morgan fingerprint density at radius 1 is 1.33 bits per heavy atom. The summed E-state index contributed by atoms with van der Waals surface area (Å²) in [5, 5.41) is 12.1. The molecule has 0 saturated carbocycles. The molecule has 2 rings (SSSR count). The summed E-state index contributed by atoms with van der Waals surface area (Å²) >= 11 is 0. The predicted molar refractivity (Wildman–Crippen MR) is 95.9 cm³/mol. The summed E-state index contributed by atoms with van der Waals surface area (Å²) in [6, 6.07) is 8.03. The fourth-order valence-corrected chi connectivity index (χ4v) is 2.87. The van der Waals surface area contributed by atoms with Gasteiger partial charge in [0, 0.05) is 24.4 Å². The van der Waals surface area contributed by atoms with Crippen molar-refractivity contribution in [1.82, 2.24) is 15.3 Å². The van der Waals surface area contributed by atoms with Gasteiger partial charge < -0.3 is 15.4 Å². The van der Waals surface area contributed by atoms with Crippen LogP contribution < -0.4 is 5.32 Å². The first-order chi connectivity index (χ1) is 11.5. The minimum atomic E-state index is -0.165. The molecule has 1 atom stereocenters. The molecular weight excluding hydrogens is 302 g/mol. The zero-order valence-corrected chi connectivity index (χ0v) is 14.7. The van der Waals surface area contributed by atoms with Crippen LogP contribution in [-0.4, -0.2) is 34.1 Å². The number of carbonyl (C=O) groups excluding carboxylic acids is 1. The highest BCUT2D eigenvalue weighted by atomic mass is 16.3. The molecule has 0 saturated heterocycles. The van der Waals surface area contributed by atoms with Crippen molar-refractivity contribution >= 4 is 5.91 Å². The number of aryl methyl sites for hydroxylation is 2. The lowest BCUT2D eigenvalue weighted by Crippen LogP contribution is -2.30. The highest BCUT2D eigenvalue weighted by molar-refractivity contribution is 5.94. The summed E-state index contributed by atoms with van der Waals surface area (Å²) in [4.78, 5) is 20.1. The van der Waals surface area contributed by atoms with E-state index in [2.05, 4.69) is 22.2 Å². The summed E-state index contributed by atoms with van der Waals surface area (Å²) in [6.45, 7) is 6.72. The Balaban J connectivity index is 2.07. The molecule has 0 bridgehead atoms. The van der Waals surface area contributed by atoms with E-state index < -0.39 is 0 Å². The molecule has 0 spiro atoms. The largest absolute Gasteiger partial charge is 0.396 e. The van der Waals surface area contributed by atoms with Crippen LogP contribution in [0, 0.1) is 19.8 Å². The van der Waals surface area contributed by atoms with Crippen LogP contribution in [0.25, 0.3) is 11.4 Å². The first-order valence-electron chi connectivity index (χ1n) is 8.57. The number of rotatable bonds is 8. The molecule has 1 aromatic heterocycles. The molecule has 5 heteroatoms. The third kappa shape index (κ3) is 4.68. The first-order valence-corrected chi connectivity index (χ1v) is 8.57. The molecule has 0 aliphatic carbocycles. The van der Waals surface area contributed by atoms with E-state index in [9.17, 15) is 4.79 Å². The Hall–Kier alpha value is -2.14. The summed E-state index contributed by atoms with van der Waals surface area (Å²) in [7, 11) is 0. The smallest absolute Gasteiger partial charge is 0.271 e. The quantitative estimate of drug-likeness (QED) is 0.696.